The average Bonchev–Trinajstić information content (AvgIpc) is 3.04. The van der Waals surface area contributed by atoms with Crippen molar-refractivity contribution >= 4 is 11.6 Å². The summed E-state index contributed by atoms with van der Waals surface area (Å²) in [5.74, 6) is 0. The number of aryl methyl sites for hydroxylation is 1. The maximum atomic E-state index is 6.15. The lowest BCUT2D eigenvalue weighted by atomic mass is 10.0. The maximum Gasteiger partial charge on any atom is 0.0754 e. The molecule has 118 valence electrons. The van der Waals surface area contributed by atoms with Gasteiger partial charge in [0.15, 0.2) is 0 Å². The van der Waals surface area contributed by atoms with Gasteiger partial charge in [-0.1, -0.05) is 29.8 Å². The highest BCUT2D eigenvalue weighted by molar-refractivity contribution is 6.30. The van der Waals surface area contributed by atoms with Gasteiger partial charge in [0, 0.05) is 36.1 Å². The van der Waals surface area contributed by atoms with E-state index in [1.54, 1.807) is 0 Å². The van der Waals surface area contributed by atoms with Crippen molar-refractivity contribution < 1.29 is 0 Å². The molecule has 2 aromatic heterocycles. The Kier molecular flexibility index (Phi) is 5.05. The lowest BCUT2D eigenvalue weighted by molar-refractivity contribution is 0.590. The fourth-order valence-corrected chi connectivity index (χ4v) is 2.72. The van der Waals surface area contributed by atoms with E-state index in [0.29, 0.717) is 6.54 Å². The molecule has 3 aromatic rings. The van der Waals surface area contributed by atoms with Crippen LogP contribution in [0, 0.1) is 0 Å². The van der Waals surface area contributed by atoms with Gasteiger partial charge in [0.1, 0.15) is 0 Å². The first-order chi connectivity index (χ1) is 11.3. The quantitative estimate of drug-likeness (QED) is 0.748. The number of hydrogen-bond donors (Lipinski definition) is 1. The molecule has 1 N–H and O–H groups in total. The molecule has 1 atom stereocenters. The summed E-state index contributed by atoms with van der Waals surface area (Å²) < 4.78 is 1.92. The van der Waals surface area contributed by atoms with Crippen molar-refractivity contribution in [2.24, 2.45) is 0 Å². The van der Waals surface area contributed by atoms with Crippen molar-refractivity contribution in [1.82, 2.24) is 20.1 Å². The zero-order valence-corrected chi connectivity index (χ0v) is 13.7. The number of halogens is 1. The lowest BCUT2D eigenvalue weighted by Gasteiger charge is -2.18. The van der Waals surface area contributed by atoms with E-state index in [0.717, 1.165) is 28.4 Å². The summed E-state index contributed by atoms with van der Waals surface area (Å²) in [7, 11) is 0. The molecule has 0 saturated heterocycles. The molecule has 0 aliphatic heterocycles. The highest BCUT2D eigenvalue weighted by Crippen LogP contribution is 2.23. The van der Waals surface area contributed by atoms with E-state index in [1.807, 2.05) is 53.5 Å². The van der Waals surface area contributed by atoms with Gasteiger partial charge in [-0.2, -0.15) is 5.10 Å². The molecule has 0 fully saturated rings. The molecule has 0 radical (unpaired) electrons. The van der Waals surface area contributed by atoms with Crippen molar-refractivity contribution in [3.8, 4) is 0 Å². The molecule has 0 saturated carbocycles. The van der Waals surface area contributed by atoms with E-state index >= 15 is 0 Å². The number of aromatic nitrogens is 3. The normalized spacial score (nSPS) is 12.3. The second-order valence-corrected chi connectivity index (χ2v) is 5.76. The molecule has 0 spiro atoms. The van der Waals surface area contributed by atoms with E-state index < -0.39 is 0 Å². The molecule has 0 unspecified atom stereocenters. The van der Waals surface area contributed by atoms with Crippen LogP contribution >= 0.6 is 11.6 Å². The third-order valence-electron chi connectivity index (χ3n) is 3.69. The molecule has 0 aliphatic carbocycles. The molecule has 0 amide bonds. The Balaban J connectivity index is 1.83. The number of rotatable bonds is 6. The third kappa shape index (κ3) is 3.97. The van der Waals surface area contributed by atoms with Crippen LogP contribution in [-0.2, 0) is 13.1 Å². The van der Waals surface area contributed by atoms with Gasteiger partial charge >= 0.3 is 0 Å². The van der Waals surface area contributed by atoms with E-state index in [1.165, 1.54) is 0 Å². The van der Waals surface area contributed by atoms with E-state index in [2.05, 4.69) is 34.6 Å². The Morgan fingerprint density at radius 3 is 2.83 bits per heavy atom. The van der Waals surface area contributed by atoms with Gasteiger partial charge in [-0.15, -0.1) is 0 Å². The summed E-state index contributed by atoms with van der Waals surface area (Å²) in [6, 6.07) is 13.8. The van der Waals surface area contributed by atoms with Crippen LogP contribution in [0.1, 0.15) is 29.8 Å². The first-order valence-corrected chi connectivity index (χ1v) is 8.05. The van der Waals surface area contributed by atoms with E-state index in [-0.39, 0.29) is 6.04 Å². The second-order valence-electron chi connectivity index (χ2n) is 5.33. The topological polar surface area (TPSA) is 42.7 Å². The SMILES string of the molecule is CCn1cc(CN[C@@H](c2cccc(Cl)c2)c2ccccn2)cn1. The summed E-state index contributed by atoms with van der Waals surface area (Å²) >= 11 is 6.15. The molecule has 2 heterocycles. The van der Waals surface area contributed by atoms with Gasteiger partial charge in [-0.05, 0) is 36.8 Å². The zero-order chi connectivity index (χ0) is 16.1. The summed E-state index contributed by atoms with van der Waals surface area (Å²) in [5, 5.41) is 8.60. The van der Waals surface area contributed by atoms with E-state index in [9.17, 15) is 0 Å². The highest BCUT2D eigenvalue weighted by Gasteiger charge is 2.15. The first kappa shape index (κ1) is 15.7. The van der Waals surface area contributed by atoms with Crippen LogP contribution in [0.5, 0.6) is 0 Å². The van der Waals surface area contributed by atoms with Gasteiger partial charge in [-0.3, -0.25) is 9.67 Å². The highest BCUT2D eigenvalue weighted by atomic mass is 35.5. The third-order valence-corrected chi connectivity index (χ3v) is 3.92. The number of nitrogens with zero attached hydrogens (tertiary/aromatic N) is 3. The monoisotopic (exact) mass is 326 g/mol. The minimum absolute atomic E-state index is 0.0140. The fourth-order valence-electron chi connectivity index (χ4n) is 2.52. The van der Waals surface area contributed by atoms with Crippen molar-refractivity contribution in [3.63, 3.8) is 0 Å². The minimum Gasteiger partial charge on any atom is -0.301 e. The van der Waals surface area contributed by atoms with Crippen molar-refractivity contribution in [1.29, 1.82) is 0 Å². The second kappa shape index (κ2) is 7.40. The molecule has 0 aliphatic rings. The molecule has 3 rings (SSSR count). The summed E-state index contributed by atoms with van der Waals surface area (Å²) in [5.41, 5.74) is 3.21. The molecular formula is C18H19ClN4. The predicted octanol–water partition coefficient (Wildman–Crippen LogP) is 3.83. The number of benzene rings is 1. The number of pyridine rings is 1. The van der Waals surface area contributed by atoms with Crippen LogP contribution in [-0.4, -0.2) is 14.8 Å². The van der Waals surface area contributed by atoms with E-state index in [4.69, 9.17) is 11.6 Å². The van der Waals surface area contributed by atoms with Gasteiger partial charge in [-0.25, -0.2) is 0 Å². The Morgan fingerprint density at radius 2 is 2.13 bits per heavy atom. The van der Waals surface area contributed by atoms with Gasteiger partial charge in [0.25, 0.3) is 0 Å². The van der Waals surface area contributed by atoms with Crippen molar-refractivity contribution in [3.05, 3.63) is 82.9 Å². The minimum atomic E-state index is -0.0140. The fraction of sp³-hybridized carbons (Fsp3) is 0.222. The van der Waals surface area contributed by atoms with Crippen molar-refractivity contribution in [2.45, 2.75) is 26.1 Å². The van der Waals surface area contributed by atoms with Crippen LogP contribution in [0.25, 0.3) is 0 Å². The molecule has 23 heavy (non-hydrogen) atoms. The van der Waals surface area contributed by atoms with Crippen LogP contribution in [0.2, 0.25) is 5.02 Å². The summed E-state index contributed by atoms with van der Waals surface area (Å²) in [6.07, 6.45) is 5.76. The molecule has 0 bridgehead atoms. The number of hydrogen-bond acceptors (Lipinski definition) is 3. The smallest absolute Gasteiger partial charge is 0.0754 e. The predicted molar refractivity (Wildman–Crippen MR) is 92.3 cm³/mol. The standard InChI is InChI=1S/C18H19ClN4/c1-2-23-13-14(12-22-23)11-21-18(17-8-3-4-9-20-17)15-6-5-7-16(19)10-15/h3-10,12-13,18,21H,2,11H2,1H3/t18-/m0/s1. The first-order valence-electron chi connectivity index (χ1n) is 7.67. The van der Waals surface area contributed by atoms with Gasteiger partial charge < -0.3 is 5.32 Å². The molecule has 1 aromatic carbocycles. The largest absolute Gasteiger partial charge is 0.301 e. The van der Waals surface area contributed by atoms with Crippen molar-refractivity contribution in [2.75, 3.05) is 0 Å². The van der Waals surface area contributed by atoms with Crippen LogP contribution in [0.3, 0.4) is 0 Å². The Labute approximate surface area is 141 Å². The summed E-state index contributed by atoms with van der Waals surface area (Å²) in [4.78, 5) is 4.49. The summed E-state index contributed by atoms with van der Waals surface area (Å²) in [6.45, 7) is 3.67. The Morgan fingerprint density at radius 1 is 1.22 bits per heavy atom. The van der Waals surface area contributed by atoms with Gasteiger partial charge in [0.2, 0.25) is 0 Å². The molecule has 4 nitrogen and oxygen atoms in total. The Bertz CT molecular complexity index is 754. The molecule has 5 heteroatoms. The van der Waals surface area contributed by atoms with Crippen LogP contribution in [0.15, 0.2) is 61.1 Å². The number of nitrogens with one attached hydrogen (secondary N) is 1. The van der Waals surface area contributed by atoms with Gasteiger partial charge in [0.05, 0.1) is 17.9 Å². The molecular weight excluding hydrogens is 308 g/mol. The zero-order valence-electron chi connectivity index (χ0n) is 13.0. The lowest BCUT2D eigenvalue weighted by Crippen LogP contribution is -2.22. The maximum absolute atomic E-state index is 6.15. The van der Waals surface area contributed by atoms with Crippen LogP contribution < -0.4 is 5.32 Å². The Hall–Kier alpha value is -2.17. The average molecular weight is 327 g/mol. The van der Waals surface area contributed by atoms with Crippen LogP contribution in [0.4, 0.5) is 0 Å².